The summed E-state index contributed by atoms with van der Waals surface area (Å²) in [5, 5.41) is 6.50. The van der Waals surface area contributed by atoms with E-state index < -0.39 is 0 Å². The zero-order valence-corrected chi connectivity index (χ0v) is 7.23. The molecule has 0 spiro atoms. The Bertz CT molecular complexity index is 12.8. The second-order valence-electron chi connectivity index (χ2n) is 0. The summed E-state index contributed by atoms with van der Waals surface area (Å²) < 4.78 is 0. The van der Waals surface area contributed by atoms with Crippen LogP contribution >= 0.6 is 0 Å². The van der Waals surface area contributed by atoms with E-state index >= 15 is 0 Å². The first-order chi connectivity index (χ1) is 1.00. The zero-order valence-electron chi connectivity index (χ0n) is 1.73. The maximum atomic E-state index is 6.50. The average molecular weight is 252 g/mol. The van der Waals surface area contributed by atoms with Gasteiger partial charge in [0.1, 0.15) is 0 Å². The van der Waals surface area contributed by atoms with Gasteiger partial charge in [-0.15, -0.1) is 0 Å². The Labute approximate surface area is 68.2 Å². The summed E-state index contributed by atoms with van der Waals surface area (Å²) in [6.45, 7) is 3.50. The third-order valence-corrected chi connectivity index (χ3v) is 0. The van der Waals surface area contributed by atoms with Crippen molar-refractivity contribution in [1.29, 1.82) is 5.26 Å². The van der Waals surface area contributed by atoms with Gasteiger partial charge in [-0.3, -0.25) is 0 Å². The van der Waals surface area contributed by atoms with Gasteiger partial charge >= 0.3 is 29.6 Å². The van der Waals surface area contributed by atoms with E-state index in [0.29, 0.717) is 0 Å². The SMILES string of the molecule is C#N.[Hg].[NaH]. The number of hydrogen-bond donors (Lipinski definition) is 0. The van der Waals surface area contributed by atoms with E-state index in [1.54, 1.807) is 0 Å². The molecule has 0 rings (SSSR count). The Balaban J connectivity index is -0.00000000500. The standard InChI is InChI=1S/CHN.Hg.Na.H/c1-2;;;/h1H;;;. The van der Waals surface area contributed by atoms with E-state index in [4.69, 9.17) is 5.26 Å². The van der Waals surface area contributed by atoms with Gasteiger partial charge < -0.3 is 0 Å². The molecule has 0 aliphatic carbocycles. The molecule has 0 atom stereocenters. The molecule has 0 aromatic carbocycles. The van der Waals surface area contributed by atoms with E-state index in [0.717, 1.165) is 0 Å². The van der Waals surface area contributed by atoms with Gasteiger partial charge in [0, 0.05) is 34.2 Å². The molecule has 0 radical (unpaired) electrons. The monoisotopic (exact) mass is 253 g/mol. The van der Waals surface area contributed by atoms with Crippen molar-refractivity contribution >= 4 is 29.6 Å². The van der Waals surface area contributed by atoms with Gasteiger partial charge in [0.15, 0.2) is 0 Å². The molecule has 3 heteroatoms. The topological polar surface area (TPSA) is 23.8 Å². The molecule has 0 aliphatic rings. The second-order valence-corrected chi connectivity index (χ2v) is 0. The Kier molecular flexibility index (Phi) is 115. The molecule has 0 N–H and O–H groups in total. The number of nitrogens with zero attached hydrogens (tertiary/aromatic N) is 1. The number of hydrogen-bond acceptors (Lipinski definition) is 1. The molecule has 0 heterocycles. The Morgan fingerprint density at radius 1 is 1.25 bits per heavy atom. The molecule has 0 saturated carbocycles. The first kappa shape index (κ1) is 18.1. The van der Waals surface area contributed by atoms with Crippen LogP contribution in [-0.2, 0) is 27.7 Å². The van der Waals surface area contributed by atoms with E-state index in [1.165, 1.54) is 0 Å². The van der Waals surface area contributed by atoms with Crippen molar-refractivity contribution < 1.29 is 27.7 Å². The summed E-state index contributed by atoms with van der Waals surface area (Å²) in [5.74, 6) is 0. The van der Waals surface area contributed by atoms with Crippen LogP contribution in [0.3, 0.4) is 0 Å². The summed E-state index contributed by atoms with van der Waals surface area (Å²) >= 11 is 0. The van der Waals surface area contributed by atoms with Crippen molar-refractivity contribution in [2.75, 3.05) is 0 Å². The molecule has 0 amide bonds. The van der Waals surface area contributed by atoms with Crippen LogP contribution in [-0.4, -0.2) is 29.6 Å². The van der Waals surface area contributed by atoms with Gasteiger partial charge in [0.25, 0.3) is 0 Å². The van der Waals surface area contributed by atoms with Crippen molar-refractivity contribution in [2.24, 2.45) is 0 Å². The fourth-order valence-electron chi connectivity index (χ4n) is 0. The van der Waals surface area contributed by atoms with Crippen LogP contribution < -0.4 is 0 Å². The predicted octanol–water partition coefficient (Wildman–Crippen LogP) is -0.511. The molecule has 0 bridgehead atoms. The van der Waals surface area contributed by atoms with E-state index in [9.17, 15) is 0 Å². The molecule has 0 aliphatic heterocycles. The summed E-state index contributed by atoms with van der Waals surface area (Å²) in [5.41, 5.74) is 0. The van der Waals surface area contributed by atoms with Crippen LogP contribution in [0.5, 0.6) is 0 Å². The first-order valence-electron chi connectivity index (χ1n) is 0.258. The number of nitriles is 1. The molecular weight excluding hydrogens is 250 g/mol. The fraction of sp³-hybridized carbons (Fsp3) is 0. The van der Waals surface area contributed by atoms with Crippen LogP contribution in [0.15, 0.2) is 0 Å². The van der Waals surface area contributed by atoms with Crippen LogP contribution in [0.2, 0.25) is 0 Å². The van der Waals surface area contributed by atoms with Crippen molar-refractivity contribution in [3.63, 3.8) is 0 Å². The van der Waals surface area contributed by atoms with Crippen molar-refractivity contribution in [3.8, 4) is 6.57 Å². The van der Waals surface area contributed by atoms with Crippen molar-refractivity contribution in [2.45, 2.75) is 0 Å². The fourth-order valence-corrected chi connectivity index (χ4v) is 0. The summed E-state index contributed by atoms with van der Waals surface area (Å²) in [6.07, 6.45) is 0. The minimum absolute atomic E-state index is 0. The van der Waals surface area contributed by atoms with Crippen molar-refractivity contribution in [3.05, 3.63) is 0 Å². The van der Waals surface area contributed by atoms with Crippen LogP contribution in [0.25, 0.3) is 0 Å². The van der Waals surface area contributed by atoms with Crippen LogP contribution in [0.1, 0.15) is 0 Å². The summed E-state index contributed by atoms with van der Waals surface area (Å²) in [7, 11) is 0. The molecular formula is CH2HgNNa. The molecule has 0 saturated heterocycles. The van der Waals surface area contributed by atoms with E-state index in [-0.39, 0.29) is 57.2 Å². The number of rotatable bonds is 0. The van der Waals surface area contributed by atoms with Gasteiger partial charge in [-0.2, -0.15) is 0 Å². The first-order valence-corrected chi connectivity index (χ1v) is 0.258. The van der Waals surface area contributed by atoms with E-state index in [2.05, 4.69) is 6.57 Å². The predicted molar refractivity (Wildman–Crippen MR) is 13.8 cm³/mol. The quantitative estimate of drug-likeness (QED) is 0.532. The van der Waals surface area contributed by atoms with Gasteiger partial charge in [-0.1, -0.05) is 0 Å². The van der Waals surface area contributed by atoms with Crippen LogP contribution in [0, 0.1) is 11.8 Å². The summed E-state index contributed by atoms with van der Waals surface area (Å²) in [6, 6.07) is 0. The van der Waals surface area contributed by atoms with E-state index in [1.807, 2.05) is 0 Å². The van der Waals surface area contributed by atoms with Crippen molar-refractivity contribution in [1.82, 2.24) is 0 Å². The summed E-state index contributed by atoms with van der Waals surface area (Å²) in [4.78, 5) is 0. The van der Waals surface area contributed by atoms with Gasteiger partial charge in [0.2, 0.25) is 0 Å². The molecule has 0 fully saturated rings. The second kappa shape index (κ2) is 25.6. The van der Waals surface area contributed by atoms with Crippen LogP contribution in [0.4, 0.5) is 0 Å². The average Bonchev–Trinajstić information content (AvgIpc) is 1.00. The molecule has 1 nitrogen and oxygen atoms in total. The molecule has 0 unspecified atom stereocenters. The Morgan fingerprint density at radius 3 is 1.25 bits per heavy atom. The zero-order chi connectivity index (χ0) is 2.00. The Morgan fingerprint density at radius 2 is 1.25 bits per heavy atom. The minimum atomic E-state index is 0. The molecule has 4 heavy (non-hydrogen) atoms. The normalized spacial score (nSPS) is 0.500. The molecule has 0 aromatic heterocycles. The van der Waals surface area contributed by atoms with Gasteiger partial charge in [-0.05, 0) is 0 Å². The third kappa shape index (κ3) is 9.92. The third-order valence-electron chi connectivity index (χ3n) is 0. The Hall–Kier alpha value is 1.43. The van der Waals surface area contributed by atoms with Gasteiger partial charge in [-0.25, -0.2) is 5.26 Å². The molecule has 14 valence electrons. The molecule has 0 aromatic rings. The van der Waals surface area contributed by atoms with Gasteiger partial charge in [0.05, 0.1) is 0 Å². The maximum absolute atomic E-state index is 6.50.